The maximum absolute atomic E-state index is 12.2. The van der Waals surface area contributed by atoms with E-state index in [0.717, 1.165) is 23.2 Å². The predicted molar refractivity (Wildman–Crippen MR) is 87.8 cm³/mol. The largest absolute Gasteiger partial charge is 0.347 e. The fraction of sp³-hybridized carbons (Fsp3) is 0.250. The third-order valence-electron chi connectivity index (χ3n) is 3.51. The number of imidazole rings is 1. The number of pyridine rings is 1. The zero-order chi connectivity index (χ0) is 16.2. The first-order chi connectivity index (χ1) is 11.1. The van der Waals surface area contributed by atoms with Gasteiger partial charge in [0.15, 0.2) is 11.5 Å². The maximum atomic E-state index is 12.2. The molecule has 7 nitrogen and oxygen atoms in total. The van der Waals surface area contributed by atoms with E-state index in [2.05, 4.69) is 30.5 Å². The van der Waals surface area contributed by atoms with Crippen molar-refractivity contribution >= 4 is 23.1 Å². The number of aromatic amines is 2. The van der Waals surface area contributed by atoms with Gasteiger partial charge < -0.3 is 10.3 Å². The number of carbonyl (C=O) groups is 1. The van der Waals surface area contributed by atoms with E-state index >= 15 is 0 Å². The van der Waals surface area contributed by atoms with Crippen molar-refractivity contribution in [1.82, 2.24) is 30.5 Å². The second-order valence-corrected chi connectivity index (χ2v) is 5.42. The molecule has 23 heavy (non-hydrogen) atoms. The van der Waals surface area contributed by atoms with Crippen molar-refractivity contribution in [2.24, 2.45) is 0 Å². The first-order valence-electron chi connectivity index (χ1n) is 7.41. The van der Waals surface area contributed by atoms with Gasteiger partial charge in [-0.25, -0.2) is 9.97 Å². The number of amides is 1. The summed E-state index contributed by atoms with van der Waals surface area (Å²) in [5.74, 6) is 0.0450. The van der Waals surface area contributed by atoms with E-state index in [4.69, 9.17) is 0 Å². The molecule has 0 fully saturated rings. The van der Waals surface area contributed by atoms with Gasteiger partial charge in [0.05, 0.1) is 11.7 Å². The molecule has 1 amide bonds. The van der Waals surface area contributed by atoms with Crippen molar-refractivity contribution in [3.63, 3.8) is 0 Å². The minimum Gasteiger partial charge on any atom is -0.347 e. The van der Waals surface area contributed by atoms with E-state index < -0.39 is 0 Å². The van der Waals surface area contributed by atoms with Crippen LogP contribution in [0.15, 0.2) is 30.6 Å². The molecule has 0 unspecified atom stereocenters. The van der Waals surface area contributed by atoms with Crippen LogP contribution in [0.25, 0.3) is 17.2 Å². The molecule has 118 valence electrons. The zero-order valence-electron chi connectivity index (χ0n) is 13.0. The number of carbonyl (C=O) groups excluding carboxylic acids is 1. The van der Waals surface area contributed by atoms with Gasteiger partial charge in [0.25, 0.3) is 5.91 Å². The average molecular weight is 310 g/mol. The van der Waals surface area contributed by atoms with Gasteiger partial charge in [-0.1, -0.05) is 12.2 Å². The van der Waals surface area contributed by atoms with E-state index in [1.54, 1.807) is 18.5 Å². The van der Waals surface area contributed by atoms with Gasteiger partial charge >= 0.3 is 0 Å². The molecular weight excluding hydrogens is 292 g/mol. The number of aromatic nitrogens is 5. The highest BCUT2D eigenvalue weighted by Crippen LogP contribution is 2.09. The standard InChI is InChI=1S/C16H18N6O/c1-10(5-3-6-12-9-18-22-11(12)2)19-16(23)15-20-13-7-4-8-17-14(13)21-15/h3-4,6-10H,5H2,1-2H3,(H,18,22)(H,19,23)(H,17,20,21)/b6-3+/t10-/m0/s1. The van der Waals surface area contributed by atoms with Crippen LogP contribution in [-0.4, -0.2) is 37.1 Å². The SMILES string of the molecule is Cc1[nH]ncc1/C=C/C[C@H](C)NC(=O)c1nc2ncccc2[nH]1. The maximum Gasteiger partial charge on any atom is 0.287 e. The van der Waals surface area contributed by atoms with Gasteiger partial charge in [0, 0.05) is 23.5 Å². The summed E-state index contributed by atoms with van der Waals surface area (Å²) in [7, 11) is 0. The van der Waals surface area contributed by atoms with E-state index in [0.29, 0.717) is 5.65 Å². The lowest BCUT2D eigenvalue weighted by atomic mass is 10.2. The van der Waals surface area contributed by atoms with E-state index in [9.17, 15) is 4.79 Å². The van der Waals surface area contributed by atoms with Crippen molar-refractivity contribution in [2.45, 2.75) is 26.3 Å². The Morgan fingerprint density at radius 1 is 1.48 bits per heavy atom. The number of nitrogens with zero attached hydrogens (tertiary/aromatic N) is 3. The van der Waals surface area contributed by atoms with Crippen LogP contribution in [0.2, 0.25) is 0 Å². The van der Waals surface area contributed by atoms with Gasteiger partial charge in [-0.15, -0.1) is 0 Å². The third kappa shape index (κ3) is 3.45. The van der Waals surface area contributed by atoms with Crippen LogP contribution in [0.4, 0.5) is 0 Å². The van der Waals surface area contributed by atoms with Crippen molar-refractivity contribution < 1.29 is 4.79 Å². The molecule has 3 rings (SSSR count). The first-order valence-corrected chi connectivity index (χ1v) is 7.41. The molecular formula is C16H18N6O. The number of H-pyrrole nitrogens is 2. The Labute approximate surface area is 133 Å². The van der Waals surface area contributed by atoms with Gasteiger partial charge in [-0.3, -0.25) is 9.89 Å². The van der Waals surface area contributed by atoms with Crippen LogP contribution in [0, 0.1) is 6.92 Å². The van der Waals surface area contributed by atoms with Crippen molar-refractivity contribution in [2.75, 3.05) is 0 Å². The lowest BCUT2D eigenvalue weighted by Gasteiger charge is -2.10. The molecule has 3 aromatic rings. The Hall–Kier alpha value is -2.96. The number of hydrogen-bond donors (Lipinski definition) is 3. The van der Waals surface area contributed by atoms with E-state index in [1.165, 1.54) is 0 Å². The number of fused-ring (bicyclic) bond motifs is 1. The van der Waals surface area contributed by atoms with E-state index in [-0.39, 0.29) is 17.8 Å². The topological polar surface area (TPSA) is 99.3 Å². The summed E-state index contributed by atoms with van der Waals surface area (Å²) in [6, 6.07) is 3.63. The molecule has 0 radical (unpaired) electrons. The average Bonchev–Trinajstić information content (AvgIpc) is 3.13. The molecule has 0 aliphatic heterocycles. The quantitative estimate of drug-likeness (QED) is 0.672. The molecule has 0 bridgehead atoms. The molecule has 1 atom stereocenters. The molecule has 0 saturated heterocycles. The van der Waals surface area contributed by atoms with Gasteiger partial charge in [0.2, 0.25) is 0 Å². The monoisotopic (exact) mass is 310 g/mol. The normalized spacial score (nSPS) is 12.8. The van der Waals surface area contributed by atoms with Crippen LogP contribution >= 0.6 is 0 Å². The molecule has 0 saturated carbocycles. The Morgan fingerprint density at radius 2 is 2.35 bits per heavy atom. The first kappa shape index (κ1) is 15.0. The highest BCUT2D eigenvalue weighted by atomic mass is 16.2. The fourth-order valence-corrected chi connectivity index (χ4v) is 2.23. The summed E-state index contributed by atoms with van der Waals surface area (Å²) < 4.78 is 0. The molecule has 3 aromatic heterocycles. The second kappa shape index (κ2) is 6.43. The Bertz CT molecular complexity index is 814. The van der Waals surface area contributed by atoms with Crippen LogP contribution in [-0.2, 0) is 0 Å². The third-order valence-corrected chi connectivity index (χ3v) is 3.51. The van der Waals surface area contributed by atoms with Crippen molar-refractivity contribution in [3.8, 4) is 0 Å². The van der Waals surface area contributed by atoms with Gasteiger partial charge in [-0.05, 0) is 32.4 Å². The smallest absolute Gasteiger partial charge is 0.287 e. The zero-order valence-corrected chi connectivity index (χ0v) is 13.0. The number of hydrogen-bond acceptors (Lipinski definition) is 4. The summed E-state index contributed by atoms with van der Waals surface area (Å²) >= 11 is 0. The molecule has 7 heteroatoms. The second-order valence-electron chi connectivity index (χ2n) is 5.42. The lowest BCUT2D eigenvalue weighted by Crippen LogP contribution is -2.32. The van der Waals surface area contributed by atoms with Crippen molar-refractivity contribution in [3.05, 3.63) is 47.7 Å². The predicted octanol–water partition coefficient (Wildman–Crippen LogP) is 2.21. The molecule has 0 aliphatic carbocycles. The summed E-state index contributed by atoms with van der Waals surface area (Å²) in [4.78, 5) is 23.5. The highest BCUT2D eigenvalue weighted by Gasteiger charge is 2.13. The number of rotatable bonds is 5. The number of aryl methyl sites for hydroxylation is 1. The molecule has 3 heterocycles. The Kier molecular flexibility index (Phi) is 4.18. The lowest BCUT2D eigenvalue weighted by molar-refractivity contribution is 0.0931. The Balaban J connectivity index is 1.58. The van der Waals surface area contributed by atoms with Gasteiger partial charge in [-0.2, -0.15) is 5.10 Å². The summed E-state index contributed by atoms with van der Waals surface area (Å²) in [6.45, 7) is 3.92. The van der Waals surface area contributed by atoms with Gasteiger partial charge in [0.1, 0.15) is 0 Å². The minimum absolute atomic E-state index is 0.00729. The summed E-state index contributed by atoms with van der Waals surface area (Å²) in [5, 5.41) is 9.76. The van der Waals surface area contributed by atoms with Crippen LogP contribution in [0.3, 0.4) is 0 Å². The van der Waals surface area contributed by atoms with E-state index in [1.807, 2.05) is 32.1 Å². The molecule has 0 aromatic carbocycles. The summed E-state index contributed by atoms with van der Waals surface area (Å²) in [5.41, 5.74) is 3.36. The molecule has 3 N–H and O–H groups in total. The highest BCUT2D eigenvalue weighted by molar-refractivity contribution is 5.93. The fourth-order valence-electron chi connectivity index (χ4n) is 2.23. The molecule has 0 spiro atoms. The minimum atomic E-state index is -0.233. The number of nitrogens with one attached hydrogen (secondary N) is 3. The summed E-state index contributed by atoms with van der Waals surface area (Å²) in [6.07, 6.45) is 8.15. The van der Waals surface area contributed by atoms with Crippen LogP contribution < -0.4 is 5.32 Å². The van der Waals surface area contributed by atoms with Crippen molar-refractivity contribution in [1.29, 1.82) is 0 Å². The Morgan fingerprint density at radius 3 is 3.09 bits per heavy atom. The molecule has 0 aliphatic rings. The van der Waals surface area contributed by atoms with Crippen LogP contribution in [0.1, 0.15) is 35.2 Å². The van der Waals surface area contributed by atoms with Crippen LogP contribution in [0.5, 0.6) is 0 Å².